The molecule has 0 aliphatic heterocycles. The molecule has 0 radical (unpaired) electrons. The lowest BCUT2D eigenvalue weighted by molar-refractivity contribution is 0.353. The summed E-state index contributed by atoms with van der Waals surface area (Å²) in [6, 6.07) is 0. The Morgan fingerprint density at radius 2 is 2.14 bits per heavy atom. The molecule has 0 saturated heterocycles. The van der Waals surface area contributed by atoms with Crippen molar-refractivity contribution in [3.8, 4) is 0 Å². The summed E-state index contributed by atoms with van der Waals surface area (Å²) in [7, 11) is -0.773. The highest BCUT2D eigenvalue weighted by atomic mass is 35.5. The monoisotopic (exact) mass is 138 g/mol. The minimum Gasteiger partial charge on any atom is -0.419 e. The molecule has 7 heavy (non-hydrogen) atoms. The zero-order valence-corrected chi connectivity index (χ0v) is 6.69. The third-order valence-corrected chi connectivity index (χ3v) is 1.59. The van der Waals surface area contributed by atoms with Crippen LogP contribution in [-0.2, 0) is 4.43 Å². The van der Waals surface area contributed by atoms with Crippen molar-refractivity contribution in [2.45, 2.75) is 13.1 Å². The summed E-state index contributed by atoms with van der Waals surface area (Å²) in [4.78, 5) is 0. The van der Waals surface area contributed by atoms with Crippen LogP contribution in [-0.4, -0.2) is 21.5 Å². The quantitative estimate of drug-likeness (QED) is 0.421. The Hall–Kier alpha value is 0.467. The van der Waals surface area contributed by atoms with Gasteiger partial charge in [-0.3, -0.25) is 0 Å². The zero-order valence-electron chi connectivity index (χ0n) is 4.78. The van der Waals surface area contributed by atoms with Crippen LogP contribution in [0.5, 0.6) is 0 Å². The highest BCUT2D eigenvalue weighted by molar-refractivity contribution is 6.48. The molecule has 0 aromatic carbocycles. The van der Waals surface area contributed by atoms with E-state index in [0.29, 0.717) is 5.88 Å². The second kappa shape index (κ2) is 4.62. The highest BCUT2D eigenvalue weighted by Gasteiger charge is 1.90. The van der Waals surface area contributed by atoms with Crippen LogP contribution in [0, 0.1) is 0 Å². The van der Waals surface area contributed by atoms with E-state index in [1.54, 1.807) is 0 Å². The van der Waals surface area contributed by atoms with E-state index in [1.807, 2.05) is 0 Å². The molecule has 0 fully saturated rings. The van der Waals surface area contributed by atoms with Gasteiger partial charge in [0, 0.05) is 12.5 Å². The van der Waals surface area contributed by atoms with E-state index in [2.05, 4.69) is 13.1 Å². The molecule has 0 aromatic heterocycles. The lowest BCUT2D eigenvalue weighted by Crippen LogP contribution is -2.08. The normalized spacial score (nSPS) is 10.3. The van der Waals surface area contributed by atoms with Gasteiger partial charge in [-0.1, -0.05) is 0 Å². The largest absolute Gasteiger partial charge is 0.419 e. The van der Waals surface area contributed by atoms with Crippen LogP contribution in [0.3, 0.4) is 0 Å². The molecule has 0 spiro atoms. The molecule has 0 N–H and O–H groups in total. The number of halogens is 1. The number of alkyl halides is 1. The second-order valence-electron chi connectivity index (χ2n) is 1.61. The molecule has 0 saturated carbocycles. The van der Waals surface area contributed by atoms with Gasteiger partial charge in [-0.15, -0.1) is 11.6 Å². The fraction of sp³-hybridized carbons (Fsp3) is 1.00. The van der Waals surface area contributed by atoms with Crippen molar-refractivity contribution in [1.29, 1.82) is 0 Å². The van der Waals surface area contributed by atoms with Crippen molar-refractivity contribution in [3.63, 3.8) is 0 Å². The molecular weight excluding hydrogens is 128 g/mol. The third-order valence-electron chi connectivity index (χ3n) is 0.528. The lowest BCUT2D eigenvalue weighted by Gasteiger charge is -2.00. The molecule has 44 valence electrons. The minimum absolute atomic E-state index is 0.630. The Morgan fingerprint density at radius 1 is 1.57 bits per heavy atom. The average molecular weight is 139 g/mol. The second-order valence-corrected chi connectivity index (χ2v) is 4.42. The van der Waals surface area contributed by atoms with Gasteiger partial charge in [0.05, 0.1) is 0 Å². The van der Waals surface area contributed by atoms with Crippen molar-refractivity contribution in [1.82, 2.24) is 0 Å². The van der Waals surface area contributed by atoms with E-state index in [0.717, 1.165) is 6.61 Å². The summed E-state index contributed by atoms with van der Waals surface area (Å²) in [5, 5.41) is 0. The first-order valence-corrected chi connectivity index (χ1v) is 5.76. The third kappa shape index (κ3) is 6.47. The average Bonchev–Trinajstić information content (AvgIpc) is 1.61. The van der Waals surface area contributed by atoms with Gasteiger partial charge >= 0.3 is 0 Å². The van der Waals surface area contributed by atoms with Crippen LogP contribution in [0.15, 0.2) is 0 Å². The Balaban J connectivity index is 2.68. The van der Waals surface area contributed by atoms with Crippen LogP contribution in [0.2, 0.25) is 13.1 Å². The van der Waals surface area contributed by atoms with E-state index in [1.165, 1.54) is 0 Å². The summed E-state index contributed by atoms with van der Waals surface area (Å²) in [5.41, 5.74) is 0. The van der Waals surface area contributed by atoms with E-state index >= 15 is 0 Å². The van der Waals surface area contributed by atoms with Crippen LogP contribution in [0.4, 0.5) is 0 Å². The predicted molar refractivity (Wildman–Crippen MR) is 35.5 cm³/mol. The van der Waals surface area contributed by atoms with Gasteiger partial charge in [-0.05, 0) is 13.1 Å². The Bertz CT molecular complexity index is 40.7. The first-order valence-electron chi connectivity index (χ1n) is 2.45. The van der Waals surface area contributed by atoms with E-state index in [9.17, 15) is 0 Å². The van der Waals surface area contributed by atoms with Crippen molar-refractivity contribution in [3.05, 3.63) is 0 Å². The van der Waals surface area contributed by atoms with E-state index in [4.69, 9.17) is 16.0 Å². The fourth-order valence-corrected chi connectivity index (χ4v) is 1.11. The van der Waals surface area contributed by atoms with Gasteiger partial charge in [0.25, 0.3) is 0 Å². The molecule has 0 amide bonds. The maximum absolute atomic E-state index is 5.34. The van der Waals surface area contributed by atoms with Gasteiger partial charge in [0.2, 0.25) is 0 Å². The molecule has 0 heterocycles. The summed E-state index contributed by atoms with van der Waals surface area (Å²) in [6.45, 7) is 4.99. The number of hydrogen-bond acceptors (Lipinski definition) is 1. The predicted octanol–water partition coefficient (Wildman–Crippen LogP) is 1.23. The molecule has 3 heteroatoms. The van der Waals surface area contributed by atoms with Crippen molar-refractivity contribution in [2.75, 3.05) is 12.5 Å². The van der Waals surface area contributed by atoms with Gasteiger partial charge < -0.3 is 4.43 Å². The van der Waals surface area contributed by atoms with Crippen molar-refractivity contribution >= 4 is 20.6 Å². The Morgan fingerprint density at radius 3 is 2.29 bits per heavy atom. The summed E-state index contributed by atoms with van der Waals surface area (Å²) in [5.74, 6) is 0.630. The molecule has 0 aliphatic carbocycles. The number of rotatable bonds is 3. The molecule has 0 unspecified atom stereocenters. The van der Waals surface area contributed by atoms with E-state index < -0.39 is 9.04 Å². The summed E-state index contributed by atoms with van der Waals surface area (Å²) < 4.78 is 5.20. The first kappa shape index (κ1) is 7.47. The van der Waals surface area contributed by atoms with Crippen LogP contribution in [0.25, 0.3) is 0 Å². The molecule has 1 nitrogen and oxygen atoms in total. The maximum atomic E-state index is 5.34. The van der Waals surface area contributed by atoms with Crippen molar-refractivity contribution in [2.24, 2.45) is 0 Å². The van der Waals surface area contributed by atoms with Crippen LogP contribution < -0.4 is 0 Å². The summed E-state index contributed by atoms with van der Waals surface area (Å²) in [6.07, 6.45) is 0. The Labute approximate surface area is 51.4 Å². The van der Waals surface area contributed by atoms with Gasteiger partial charge in [0.15, 0.2) is 9.04 Å². The lowest BCUT2D eigenvalue weighted by atomic mass is 10.9. The highest BCUT2D eigenvalue weighted by Crippen LogP contribution is 1.83. The van der Waals surface area contributed by atoms with Crippen LogP contribution >= 0.6 is 11.6 Å². The molecule has 0 aliphatic rings. The van der Waals surface area contributed by atoms with Gasteiger partial charge in [0.1, 0.15) is 0 Å². The topological polar surface area (TPSA) is 9.23 Å². The fourth-order valence-electron chi connectivity index (χ4n) is 0.280. The smallest absolute Gasteiger partial charge is 0.170 e. The first-order chi connectivity index (χ1) is 3.27. The minimum atomic E-state index is -0.773. The summed E-state index contributed by atoms with van der Waals surface area (Å²) >= 11 is 5.34. The molecule has 0 atom stereocenters. The maximum Gasteiger partial charge on any atom is 0.170 e. The van der Waals surface area contributed by atoms with Crippen LogP contribution in [0.1, 0.15) is 0 Å². The molecular formula is C4H11ClOSi. The van der Waals surface area contributed by atoms with Crippen molar-refractivity contribution < 1.29 is 4.43 Å². The van der Waals surface area contributed by atoms with Gasteiger partial charge in [-0.2, -0.15) is 0 Å². The zero-order chi connectivity index (χ0) is 5.70. The van der Waals surface area contributed by atoms with E-state index in [-0.39, 0.29) is 0 Å². The molecule has 0 bridgehead atoms. The Kier molecular flexibility index (Phi) is 4.93. The SMILES string of the molecule is C[SiH](C)OCCCl. The molecule has 0 aromatic rings. The van der Waals surface area contributed by atoms with Gasteiger partial charge in [-0.25, -0.2) is 0 Å². The standard InChI is InChI=1S/C4H11ClOSi/c1-7(2)6-4-3-5/h7H,3-4H2,1-2H3. The molecule has 0 rings (SSSR count). The number of hydrogen-bond donors (Lipinski definition) is 0.